The molecule has 0 saturated carbocycles. The van der Waals surface area contributed by atoms with Crippen LogP contribution in [0, 0.1) is 0 Å². The Labute approximate surface area is 193 Å². The Morgan fingerprint density at radius 3 is 2.48 bits per heavy atom. The van der Waals surface area contributed by atoms with E-state index in [1.165, 1.54) is 25.1 Å². The lowest BCUT2D eigenvalue weighted by atomic mass is 10.2. The molecule has 33 heavy (non-hydrogen) atoms. The number of fused-ring (bicyclic) bond motifs is 1. The maximum Gasteiger partial charge on any atom is 0.262 e. The minimum atomic E-state index is -3.76. The molecule has 2 amide bonds. The van der Waals surface area contributed by atoms with Crippen molar-refractivity contribution < 1.29 is 27.5 Å². The molecule has 1 N–H and O–H groups in total. The number of carbonyl (C=O) groups excluding carboxylic acids is 2. The first-order valence-corrected chi connectivity index (χ1v) is 12.3. The Balaban J connectivity index is 1.36. The van der Waals surface area contributed by atoms with Gasteiger partial charge < -0.3 is 24.6 Å². The van der Waals surface area contributed by atoms with Crippen molar-refractivity contribution in [2.24, 2.45) is 0 Å². The largest absolute Gasteiger partial charge is 0.497 e. The van der Waals surface area contributed by atoms with E-state index in [2.05, 4.69) is 10.2 Å². The van der Waals surface area contributed by atoms with Crippen LogP contribution < -0.4 is 19.7 Å². The highest BCUT2D eigenvalue weighted by atomic mass is 32.2. The summed E-state index contributed by atoms with van der Waals surface area (Å²) < 4.78 is 36.6. The monoisotopic (exact) mass is 473 g/mol. The zero-order valence-electron chi connectivity index (χ0n) is 18.6. The first-order chi connectivity index (χ1) is 15.8. The number of amides is 2. The smallest absolute Gasteiger partial charge is 0.262 e. The first-order valence-electron chi connectivity index (χ1n) is 10.8. The summed E-state index contributed by atoms with van der Waals surface area (Å²) in [4.78, 5) is 28.3. The second-order valence-corrected chi connectivity index (χ2v) is 10.5. The molecule has 176 valence electrons. The van der Waals surface area contributed by atoms with Crippen molar-refractivity contribution in [3.05, 3.63) is 42.5 Å². The van der Waals surface area contributed by atoms with Gasteiger partial charge >= 0.3 is 0 Å². The molecule has 2 aromatic rings. The molecule has 1 atom stereocenters. The molecular formula is C23H27N3O6S. The van der Waals surface area contributed by atoms with E-state index in [0.717, 1.165) is 11.4 Å². The van der Waals surface area contributed by atoms with Gasteiger partial charge in [0.2, 0.25) is 5.91 Å². The van der Waals surface area contributed by atoms with Gasteiger partial charge in [-0.3, -0.25) is 9.59 Å². The van der Waals surface area contributed by atoms with Gasteiger partial charge in [0.15, 0.2) is 16.4 Å². The molecule has 4 rings (SSSR count). The number of rotatable bonds is 6. The highest BCUT2D eigenvalue weighted by molar-refractivity contribution is 7.92. The molecule has 2 heterocycles. The lowest BCUT2D eigenvalue weighted by Crippen LogP contribution is -2.49. The fourth-order valence-corrected chi connectivity index (χ4v) is 5.33. The molecule has 2 aliphatic heterocycles. The van der Waals surface area contributed by atoms with Crippen LogP contribution in [0.25, 0.3) is 0 Å². The Bertz CT molecular complexity index is 1140. The number of nitrogens with zero attached hydrogens (tertiary/aromatic N) is 2. The Hall–Kier alpha value is -3.27. The molecule has 0 spiro atoms. The van der Waals surface area contributed by atoms with Crippen molar-refractivity contribution in [3.63, 3.8) is 0 Å². The van der Waals surface area contributed by atoms with Crippen LogP contribution in [0.2, 0.25) is 0 Å². The summed E-state index contributed by atoms with van der Waals surface area (Å²) >= 11 is 0. The van der Waals surface area contributed by atoms with E-state index >= 15 is 0 Å². The van der Waals surface area contributed by atoms with Gasteiger partial charge in [-0.2, -0.15) is 0 Å². The fraction of sp³-hybridized carbons (Fsp3) is 0.391. The first kappa shape index (κ1) is 22.9. The second kappa shape index (κ2) is 9.30. The van der Waals surface area contributed by atoms with Crippen LogP contribution in [0.3, 0.4) is 0 Å². The van der Waals surface area contributed by atoms with Crippen molar-refractivity contribution in [2.75, 3.05) is 50.1 Å². The second-order valence-electron chi connectivity index (χ2n) is 8.12. The van der Waals surface area contributed by atoms with E-state index in [-0.39, 0.29) is 29.7 Å². The quantitative estimate of drug-likeness (QED) is 0.683. The molecule has 1 fully saturated rings. The Kier molecular flexibility index (Phi) is 6.46. The van der Waals surface area contributed by atoms with Crippen molar-refractivity contribution in [1.82, 2.24) is 4.90 Å². The molecule has 2 aromatic carbocycles. The molecule has 0 unspecified atom stereocenters. The van der Waals surface area contributed by atoms with Gasteiger partial charge in [-0.15, -0.1) is 0 Å². The molecular weight excluding hydrogens is 446 g/mol. The van der Waals surface area contributed by atoms with Gasteiger partial charge in [-0.25, -0.2) is 8.42 Å². The fourth-order valence-electron chi connectivity index (χ4n) is 3.96. The number of sulfone groups is 1. The highest BCUT2D eigenvalue weighted by Gasteiger charge is 2.30. The van der Waals surface area contributed by atoms with Crippen LogP contribution in [0.1, 0.15) is 13.3 Å². The third-order valence-corrected chi connectivity index (χ3v) is 8.11. The van der Waals surface area contributed by atoms with Crippen molar-refractivity contribution in [3.8, 4) is 11.5 Å². The van der Waals surface area contributed by atoms with Gasteiger partial charge in [0.1, 0.15) is 11.5 Å². The van der Waals surface area contributed by atoms with Crippen LogP contribution in [0.15, 0.2) is 47.4 Å². The average molecular weight is 474 g/mol. The summed E-state index contributed by atoms with van der Waals surface area (Å²) in [6.45, 7) is 3.83. The lowest BCUT2D eigenvalue weighted by Gasteiger charge is -2.36. The summed E-state index contributed by atoms with van der Waals surface area (Å²) in [6.07, 6.45) is -0.106. The normalized spacial score (nSPS) is 17.0. The van der Waals surface area contributed by atoms with Gasteiger partial charge in [0, 0.05) is 38.3 Å². The number of carbonyl (C=O) groups is 2. The number of nitrogens with one attached hydrogen (secondary N) is 1. The summed E-state index contributed by atoms with van der Waals surface area (Å²) in [7, 11) is -2.14. The third-order valence-electron chi connectivity index (χ3n) is 5.97. The van der Waals surface area contributed by atoms with E-state index < -0.39 is 15.1 Å². The molecule has 2 aliphatic rings. The van der Waals surface area contributed by atoms with Crippen LogP contribution in [0.5, 0.6) is 11.5 Å². The molecule has 0 bridgehead atoms. The van der Waals surface area contributed by atoms with Crippen LogP contribution in [-0.2, 0) is 19.4 Å². The standard InChI is InChI=1S/C23H27N3O6S/c1-16(33(29,30)19-7-8-21-20(14-19)24-22(27)15-32-21)13-23(28)26-11-9-25(10-12-26)17-3-5-18(31-2)6-4-17/h3-8,14,16H,9-13,15H2,1-2H3,(H,24,27)/t16-/m1/s1. The van der Waals surface area contributed by atoms with E-state index in [4.69, 9.17) is 9.47 Å². The summed E-state index contributed by atoms with van der Waals surface area (Å²) in [6, 6.07) is 12.1. The molecule has 0 aliphatic carbocycles. The predicted octanol–water partition coefficient (Wildman–Crippen LogP) is 1.93. The third kappa shape index (κ3) is 4.90. The highest BCUT2D eigenvalue weighted by Crippen LogP contribution is 2.32. The number of methoxy groups -OCH3 is 1. The maximum atomic E-state index is 13.1. The van der Waals surface area contributed by atoms with Gasteiger partial charge in [0.25, 0.3) is 5.91 Å². The Morgan fingerprint density at radius 2 is 1.82 bits per heavy atom. The maximum absolute atomic E-state index is 13.1. The number of hydrogen-bond donors (Lipinski definition) is 1. The van der Waals surface area contributed by atoms with Crippen molar-refractivity contribution >= 4 is 33.0 Å². The number of benzene rings is 2. The van der Waals surface area contributed by atoms with Gasteiger partial charge in [-0.1, -0.05) is 0 Å². The van der Waals surface area contributed by atoms with E-state index in [9.17, 15) is 18.0 Å². The molecule has 0 radical (unpaired) electrons. The molecule has 10 heteroatoms. The SMILES string of the molecule is COc1ccc(N2CCN(C(=O)C[C@@H](C)S(=O)(=O)c3ccc4c(c3)NC(=O)CO4)CC2)cc1. The van der Waals surface area contributed by atoms with Crippen molar-refractivity contribution in [2.45, 2.75) is 23.5 Å². The van der Waals surface area contributed by atoms with Crippen LogP contribution in [0.4, 0.5) is 11.4 Å². The van der Waals surface area contributed by atoms with Gasteiger partial charge in [-0.05, 0) is 49.4 Å². The predicted molar refractivity (Wildman–Crippen MR) is 124 cm³/mol. The summed E-state index contributed by atoms with van der Waals surface area (Å²) in [5.41, 5.74) is 1.38. The summed E-state index contributed by atoms with van der Waals surface area (Å²) in [5.74, 6) is 0.688. The van der Waals surface area contributed by atoms with Gasteiger partial charge in [0.05, 0.1) is 22.9 Å². The number of anilines is 2. The van der Waals surface area contributed by atoms with E-state index in [1.54, 1.807) is 12.0 Å². The Morgan fingerprint density at radius 1 is 1.12 bits per heavy atom. The lowest BCUT2D eigenvalue weighted by molar-refractivity contribution is -0.131. The number of piperazine rings is 1. The summed E-state index contributed by atoms with van der Waals surface area (Å²) in [5, 5.41) is 1.71. The van der Waals surface area contributed by atoms with Crippen LogP contribution in [-0.4, -0.2) is 70.3 Å². The number of ether oxygens (including phenoxy) is 2. The van der Waals surface area contributed by atoms with E-state index in [1.807, 2.05) is 24.3 Å². The van der Waals surface area contributed by atoms with Crippen LogP contribution >= 0.6 is 0 Å². The number of hydrogen-bond acceptors (Lipinski definition) is 7. The van der Waals surface area contributed by atoms with Crippen molar-refractivity contribution in [1.29, 1.82) is 0 Å². The zero-order chi connectivity index (χ0) is 23.6. The zero-order valence-corrected chi connectivity index (χ0v) is 19.4. The average Bonchev–Trinajstić information content (AvgIpc) is 2.83. The molecule has 1 saturated heterocycles. The van der Waals surface area contributed by atoms with E-state index in [0.29, 0.717) is 37.6 Å². The topological polar surface area (TPSA) is 105 Å². The molecule has 9 nitrogen and oxygen atoms in total. The minimum absolute atomic E-state index is 0.0525. The minimum Gasteiger partial charge on any atom is -0.497 e. The molecule has 0 aromatic heterocycles.